The molecule has 1 unspecified atom stereocenters. The molecule has 1 heterocycles. The van der Waals surface area contributed by atoms with Gasteiger partial charge in [0.15, 0.2) is 0 Å². The predicted octanol–water partition coefficient (Wildman–Crippen LogP) is 4.11. The van der Waals surface area contributed by atoms with Gasteiger partial charge in [0.2, 0.25) is 0 Å². The number of halogens is 1. The van der Waals surface area contributed by atoms with Crippen LogP contribution in [-0.4, -0.2) is 4.98 Å². The maximum atomic E-state index is 6.55. The van der Waals surface area contributed by atoms with Gasteiger partial charge in [-0.1, -0.05) is 41.9 Å². The Hall–Kier alpha value is -1.90. The second-order valence-electron chi connectivity index (χ2n) is 5.09. The Morgan fingerprint density at radius 3 is 2.65 bits per heavy atom. The van der Waals surface area contributed by atoms with Crippen LogP contribution in [0.5, 0.6) is 0 Å². The number of nitrogens with zero attached hydrogens (tertiary/aromatic N) is 1. The van der Waals surface area contributed by atoms with Crippen LogP contribution in [0.3, 0.4) is 0 Å². The fourth-order valence-electron chi connectivity index (χ4n) is 2.44. The molecule has 2 nitrogen and oxygen atoms in total. The fraction of sp³-hybridized carbons (Fsp3) is 0.118. The van der Waals surface area contributed by atoms with Crippen LogP contribution in [0.1, 0.15) is 18.1 Å². The zero-order valence-electron chi connectivity index (χ0n) is 11.2. The van der Waals surface area contributed by atoms with Gasteiger partial charge in [-0.3, -0.25) is 4.98 Å². The molecule has 0 amide bonds. The molecule has 0 saturated carbocycles. The number of nitrogens with two attached hydrogens (primary N) is 1. The zero-order valence-corrected chi connectivity index (χ0v) is 11.9. The van der Waals surface area contributed by atoms with Crippen LogP contribution in [0.15, 0.2) is 60.8 Å². The molecule has 0 fully saturated rings. The summed E-state index contributed by atoms with van der Waals surface area (Å²) in [6, 6.07) is 17.7. The first-order valence-corrected chi connectivity index (χ1v) is 6.86. The van der Waals surface area contributed by atoms with Gasteiger partial charge in [-0.05, 0) is 42.3 Å². The third-order valence-electron chi connectivity index (χ3n) is 3.64. The minimum absolute atomic E-state index is 0.637. The molecule has 20 heavy (non-hydrogen) atoms. The van der Waals surface area contributed by atoms with Crippen molar-refractivity contribution in [3.63, 3.8) is 0 Å². The maximum absolute atomic E-state index is 6.55. The highest BCUT2D eigenvalue weighted by Gasteiger charge is 2.26. The van der Waals surface area contributed by atoms with E-state index in [1.807, 2.05) is 55.5 Å². The van der Waals surface area contributed by atoms with E-state index in [0.717, 1.165) is 22.0 Å². The van der Waals surface area contributed by atoms with E-state index in [0.29, 0.717) is 5.02 Å². The van der Waals surface area contributed by atoms with E-state index in [1.165, 1.54) is 0 Å². The SMILES string of the molecule is CC(N)(c1ccc2ncccc2c1)c1ccccc1Cl. The Bertz CT molecular complexity index is 766. The van der Waals surface area contributed by atoms with E-state index in [2.05, 4.69) is 11.1 Å². The van der Waals surface area contributed by atoms with Crippen LogP contribution in [0, 0.1) is 0 Å². The first-order valence-electron chi connectivity index (χ1n) is 6.48. The maximum Gasteiger partial charge on any atom is 0.0702 e. The second kappa shape index (κ2) is 4.89. The molecule has 0 aliphatic carbocycles. The molecular weight excluding hydrogens is 268 g/mol. The number of fused-ring (bicyclic) bond motifs is 1. The first kappa shape index (κ1) is 13.1. The summed E-state index contributed by atoms with van der Waals surface area (Å²) in [6.07, 6.45) is 1.79. The quantitative estimate of drug-likeness (QED) is 0.768. The number of rotatable bonds is 2. The van der Waals surface area contributed by atoms with Crippen molar-refractivity contribution in [2.24, 2.45) is 5.73 Å². The average molecular weight is 283 g/mol. The van der Waals surface area contributed by atoms with Gasteiger partial charge in [0.05, 0.1) is 11.1 Å². The minimum atomic E-state index is -0.637. The molecule has 3 aromatic rings. The molecule has 1 atom stereocenters. The molecular formula is C17H15ClN2. The molecule has 2 aromatic carbocycles. The largest absolute Gasteiger partial charge is 0.318 e. The summed E-state index contributed by atoms with van der Waals surface area (Å²) in [6.45, 7) is 1.98. The van der Waals surface area contributed by atoms with Gasteiger partial charge in [0.1, 0.15) is 0 Å². The van der Waals surface area contributed by atoms with Crippen molar-refractivity contribution < 1.29 is 0 Å². The Morgan fingerprint density at radius 1 is 1.05 bits per heavy atom. The van der Waals surface area contributed by atoms with Crippen LogP contribution in [0.2, 0.25) is 5.02 Å². The Balaban J connectivity index is 2.16. The number of aromatic nitrogens is 1. The number of hydrogen-bond donors (Lipinski definition) is 1. The molecule has 0 aliphatic heterocycles. The Labute approximate surface area is 123 Å². The molecule has 0 radical (unpaired) electrons. The lowest BCUT2D eigenvalue weighted by Gasteiger charge is -2.27. The highest BCUT2D eigenvalue weighted by Crippen LogP contribution is 2.32. The molecule has 3 rings (SSSR count). The van der Waals surface area contributed by atoms with E-state index in [-0.39, 0.29) is 0 Å². The van der Waals surface area contributed by atoms with Crippen LogP contribution in [0.25, 0.3) is 10.9 Å². The summed E-state index contributed by atoms with van der Waals surface area (Å²) >= 11 is 6.28. The Morgan fingerprint density at radius 2 is 1.85 bits per heavy atom. The van der Waals surface area contributed by atoms with Crippen LogP contribution >= 0.6 is 11.6 Å². The van der Waals surface area contributed by atoms with Gasteiger partial charge in [0.25, 0.3) is 0 Å². The molecule has 2 N–H and O–H groups in total. The molecule has 0 aliphatic rings. The smallest absolute Gasteiger partial charge is 0.0702 e. The number of benzene rings is 2. The molecule has 1 aromatic heterocycles. The van der Waals surface area contributed by atoms with Gasteiger partial charge in [-0.25, -0.2) is 0 Å². The van der Waals surface area contributed by atoms with Gasteiger partial charge in [0, 0.05) is 16.6 Å². The highest BCUT2D eigenvalue weighted by molar-refractivity contribution is 6.31. The first-order chi connectivity index (χ1) is 9.59. The van der Waals surface area contributed by atoms with E-state index in [1.54, 1.807) is 6.20 Å². The fourth-order valence-corrected chi connectivity index (χ4v) is 2.77. The lowest BCUT2D eigenvalue weighted by atomic mass is 9.85. The molecule has 0 bridgehead atoms. The van der Waals surface area contributed by atoms with E-state index in [9.17, 15) is 0 Å². The van der Waals surface area contributed by atoms with Crippen LogP contribution < -0.4 is 5.73 Å². The van der Waals surface area contributed by atoms with E-state index >= 15 is 0 Å². The summed E-state index contributed by atoms with van der Waals surface area (Å²) in [5.41, 5.74) is 8.81. The molecule has 100 valence electrons. The normalized spacial score (nSPS) is 14.2. The summed E-state index contributed by atoms with van der Waals surface area (Å²) in [7, 11) is 0. The van der Waals surface area contributed by atoms with Gasteiger partial charge >= 0.3 is 0 Å². The minimum Gasteiger partial charge on any atom is -0.318 e. The highest BCUT2D eigenvalue weighted by atomic mass is 35.5. The number of hydrogen-bond acceptors (Lipinski definition) is 2. The summed E-state index contributed by atoms with van der Waals surface area (Å²) in [5.74, 6) is 0. The summed E-state index contributed by atoms with van der Waals surface area (Å²) < 4.78 is 0. The van der Waals surface area contributed by atoms with Crippen molar-refractivity contribution in [3.8, 4) is 0 Å². The van der Waals surface area contributed by atoms with Crippen molar-refractivity contribution in [2.75, 3.05) is 0 Å². The lowest BCUT2D eigenvalue weighted by molar-refractivity contribution is 0.604. The second-order valence-corrected chi connectivity index (χ2v) is 5.50. The van der Waals surface area contributed by atoms with E-state index < -0.39 is 5.54 Å². The van der Waals surface area contributed by atoms with Crippen molar-refractivity contribution in [3.05, 3.63) is 76.9 Å². The molecule has 0 spiro atoms. The topological polar surface area (TPSA) is 38.9 Å². The third kappa shape index (κ3) is 2.17. The third-order valence-corrected chi connectivity index (χ3v) is 3.97. The lowest BCUT2D eigenvalue weighted by Crippen LogP contribution is -2.34. The standard InChI is InChI=1S/C17H15ClN2/c1-17(19,14-6-2-3-7-15(14)18)13-8-9-16-12(11-13)5-4-10-20-16/h2-11H,19H2,1H3. The van der Waals surface area contributed by atoms with Crippen molar-refractivity contribution >= 4 is 22.5 Å². The zero-order chi connectivity index (χ0) is 14.2. The molecule has 0 saturated heterocycles. The van der Waals surface area contributed by atoms with Crippen molar-refractivity contribution in [1.82, 2.24) is 4.98 Å². The van der Waals surface area contributed by atoms with Gasteiger partial charge in [-0.15, -0.1) is 0 Å². The van der Waals surface area contributed by atoms with E-state index in [4.69, 9.17) is 17.3 Å². The molecule has 3 heteroatoms. The van der Waals surface area contributed by atoms with Crippen LogP contribution in [0.4, 0.5) is 0 Å². The van der Waals surface area contributed by atoms with Gasteiger partial charge < -0.3 is 5.73 Å². The van der Waals surface area contributed by atoms with Crippen molar-refractivity contribution in [1.29, 1.82) is 0 Å². The monoisotopic (exact) mass is 282 g/mol. The average Bonchev–Trinajstić information content (AvgIpc) is 2.47. The van der Waals surface area contributed by atoms with Gasteiger partial charge in [-0.2, -0.15) is 0 Å². The Kier molecular flexibility index (Phi) is 3.20. The summed E-state index contributed by atoms with van der Waals surface area (Å²) in [5, 5.41) is 1.76. The number of pyridine rings is 1. The van der Waals surface area contributed by atoms with Crippen LogP contribution in [-0.2, 0) is 5.54 Å². The predicted molar refractivity (Wildman–Crippen MR) is 83.8 cm³/mol. The van der Waals surface area contributed by atoms with Crippen molar-refractivity contribution in [2.45, 2.75) is 12.5 Å². The summed E-state index contributed by atoms with van der Waals surface area (Å²) in [4.78, 5) is 4.33.